The molecule has 7 heteroatoms. The maximum absolute atomic E-state index is 13.3. The molecule has 1 aliphatic heterocycles. The van der Waals surface area contributed by atoms with E-state index in [1.807, 2.05) is 36.4 Å². The number of rotatable bonds is 5. The van der Waals surface area contributed by atoms with E-state index in [0.29, 0.717) is 12.0 Å². The van der Waals surface area contributed by atoms with Gasteiger partial charge in [-0.15, -0.1) is 0 Å². The Labute approximate surface area is 195 Å². The lowest BCUT2D eigenvalue weighted by Crippen LogP contribution is -2.64. The molecule has 0 spiro atoms. The van der Waals surface area contributed by atoms with Crippen LogP contribution >= 0.6 is 0 Å². The summed E-state index contributed by atoms with van der Waals surface area (Å²) in [5, 5.41) is 11.6. The van der Waals surface area contributed by atoms with E-state index in [9.17, 15) is 14.7 Å². The molecule has 1 aliphatic rings. The van der Waals surface area contributed by atoms with E-state index in [1.54, 1.807) is 17.7 Å². The lowest BCUT2D eigenvalue weighted by molar-refractivity contribution is -0.0702. The lowest BCUT2D eigenvalue weighted by atomic mass is 9.76. The standard InChI is InChI=1S/C26H32N2O4Si/c1-18-16-28(24(31)27-23(18)30)26(15-21(25(2,3)4)22(17-29)32-26)33(19-11-7-5-8-12-19)20-13-9-6-10-14-20/h5-14,16,21-22,29,33H,15,17H2,1-4H3,(H,27,30,31)/t21-,22+,26-/m0/s1. The van der Waals surface area contributed by atoms with Gasteiger partial charge in [0.05, 0.1) is 12.7 Å². The van der Waals surface area contributed by atoms with Crippen LogP contribution in [0, 0.1) is 18.3 Å². The summed E-state index contributed by atoms with van der Waals surface area (Å²) in [6.07, 6.45) is 1.77. The minimum Gasteiger partial charge on any atom is -0.394 e. The number of hydrogen-bond donors (Lipinski definition) is 2. The van der Waals surface area contributed by atoms with Crippen LogP contribution in [0.4, 0.5) is 0 Å². The molecule has 3 aromatic rings. The van der Waals surface area contributed by atoms with E-state index >= 15 is 0 Å². The predicted octanol–water partition coefficient (Wildman–Crippen LogP) is 1.52. The minimum atomic E-state index is -2.28. The van der Waals surface area contributed by atoms with Gasteiger partial charge in [-0.05, 0) is 24.7 Å². The molecule has 174 valence electrons. The maximum atomic E-state index is 13.3. The van der Waals surface area contributed by atoms with Gasteiger partial charge in [0.25, 0.3) is 5.56 Å². The molecule has 2 aromatic carbocycles. The van der Waals surface area contributed by atoms with Gasteiger partial charge in [0.15, 0.2) is 8.80 Å². The van der Waals surface area contributed by atoms with Gasteiger partial charge in [-0.2, -0.15) is 0 Å². The Hall–Kier alpha value is -2.74. The molecule has 0 radical (unpaired) electrons. The number of H-pyrrole nitrogens is 1. The fraction of sp³-hybridized carbons (Fsp3) is 0.385. The number of aromatic amines is 1. The van der Waals surface area contributed by atoms with Crippen LogP contribution in [-0.2, 0) is 10.1 Å². The van der Waals surface area contributed by atoms with Crippen LogP contribution in [0.5, 0.6) is 0 Å². The zero-order valence-electron chi connectivity index (χ0n) is 19.6. The van der Waals surface area contributed by atoms with E-state index in [4.69, 9.17) is 4.74 Å². The summed E-state index contributed by atoms with van der Waals surface area (Å²) in [6.45, 7) is 7.99. The molecule has 1 fully saturated rings. The zero-order valence-corrected chi connectivity index (χ0v) is 20.8. The van der Waals surface area contributed by atoms with Crippen molar-refractivity contribution in [3.8, 4) is 0 Å². The van der Waals surface area contributed by atoms with Gasteiger partial charge in [-0.1, -0.05) is 91.8 Å². The second-order valence-electron chi connectivity index (χ2n) is 10.1. The molecule has 0 bridgehead atoms. The third-order valence-electron chi connectivity index (χ3n) is 6.85. The normalized spacial score (nSPS) is 23.2. The monoisotopic (exact) mass is 464 g/mol. The number of benzene rings is 2. The number of hydrogen-bond acceptors (Lipinski definition) is 4. The molecule has 3 atom stereocenters. The zero-order chi connectivity index (χ0) is 23.8. The molecule has 1 saturated heterocycles. The summed E-state index contributed by atoms with van der Waals surface area (Å²) in [4.78, 5) is 28.0. The quantitative estimate of drug-likeness (QED) is 0.561. The number of aliphatic hydroxyl groups is 1. The topological polar surface area (TPSA) is 84.3 Å². The highest BCUT2D eigenvalue weighted by Gasteiger charge is 2.56. The largest absolute Gasteiger partial charge is 0.394 e. The first-order chi connectivity index (χ1) is 15.7. The van der Waals surface area contributed by atoms with Crippen LogP contribution in [0.3, 0.4) is 0 Å². The van der Waals surface area contributed by atoms with Gasteiger partial charge < -0.3 is 9.84 Å². The van der Waals surface area contributed by atoms with Crippen molar-refractivity contribution in [3.05, 3.63) is 93.3 Å². The lowest BCUT2D eigenvalue weighted by Gasteiger charge is -2.39. The number of aryl methyl sites for hydroxylation is 1. The Bertz CT molecular complexity index is 1180. The molecule has 2 heterocycles. The number of aromatic nitrogens is 2. The fourth-order valence-electron chi connectivity index (χ4n) is 5.20. The Morgan fingerprint density at radius 3 is 2.06 bits per heavy atom. The molecule has 1 aromatic heterocycles. The van der Waals surface area contributed by atoms with E-state index in [0.717, 1.165) is 10.4 Å². The highest BCUT2D eigenvalue weighted by molar-refractivity contribution is 6.86. The van der Waals surface area contributed by atoms with Crippen LogP contribution in [-0.4, -0.2) is 36.2 Å². The van der Waals surface area contributed by atoms with Crippen molar-refractivity contribution < 1.29 is 9.84 Å². The van der Waals surface area contributed by atoms with Crippen molar-refractivity contribution in [2.24, 2.45) is 11.3 Å². The molecule has 6 nitrogen and oxygen atoms in total. The summed E-state index contributed by atoms with van der Waals surface area (Å²) < 4.78 is 8.43. The third kappa shape index (κ3) is 4.28. The van der Waals surface area contributed by atoms with Gasteiger partial charge in [0, 0.05) is 11.8 Å². The maximum Gasteiger partial charge on any atom is 0.330 e. The third-order valence-corrected chi connectivity index (χ3v) is 10.5. The number of aliphatic hydroxyl groups excluding tert-OH is 1. The summed E-state index contributed by atoms with van der Waals surface area (Å²) in [5.74, 6) is 0.0176. The summed E-state index contributed by atoms with van der Waals surface area (Å²) in [5.41, 5.74) is -0.581. The first-order valence-corrected chi connectivity index (χ1v) is 13.1. The molecular formula is C26H32N2O4Si. The molecule has 0 amide bonds. The van der Waals surface area contributed by atoms with Crippen LogP contribution < -0.4 is 21.6 Å². The smallest absolute Gasteiger partial charge is 0.330 e. The van der Waals surface area contributed by atoms with Gasteiger partial charge in [0.1, 0.15) is 5.35 Å². The number of ether oxygens (including phenoxy) is 1. The Morgan fingerprint density at radius 1 is 1.06 bits per heavy atom. The summed E-state index contributed by atoms with van der Waals surface area (Å²) >= 11 is 0. The highest BCUT2D eigenvalue weighted by Crippen LogP contribution is 2.47. The molecule has 33 heavy (non-hydrogen) atoms. The Kier molecular flexibility index (Phi) is 6.31. The molecule has 2 N–H and O–H groups in total. The first kappa shape index (κ1) is 23.4. The SMILES string of the molecule is Cc1cn([C@@]2([SiH](c3ccccc3)c3ccccc3)C[C@H](C(C)(C)C)[C@@H](CO)O2)c(=O)[nH]c1=O. The van der Waals surface area contributed by atoms with Crippen LogP contribution in [0.2, 0.25) is 0 Å². The Balaban J connectivity index is 2.05. The Morgan fingerprint density at radius 2 is 1.61 bits per heavy atom. The van der Waals surface area contributed by atoms with E-state index in [-0.39, 0.29) is 17.9 Å². The van der Waals surface area contributed by atoms with E-state index < -0.39 is 31.5 Å². The van der Waals surface area contributed by atoms with Crippen molar-refractivity contribution in [2.45, 2.75) is 45.6 Å². The molecule has 0 unspecified atom stereocenters. The fourth-order valence-corrected chi connectivity index (χ4v) is 9.11. The molecular weight excluding hydrogens is 432 g/mol. The van der Waals surface area contributed by atoms with Gasteiger partial charge in [-0.25, -0.2) is 4.79 Å². The van der Waals surface area contributed by atoms with E-state index in [1.165, 1.54) is 0 Å². The van der Waals surface area contributed by atoms with Crippen LogP contribution in [0.1, 0.15) is 32.8 Å². The average molecular weight is 465 g/mol. The first-order valence-electron chi connectivity index (χ1n) is 11.4. The van der Waals surface area contributed by atoms with Gasteiger partial charge in [-0.3, -0.25) is 14.3 Å². The van der Waals surface area contributed by atoms with Crippen molar-refractivity contribution >= 4 is 19.2 Å². The van der Waals surface area contributed by atoms with Crippen molar-refractivity contribution in [1.82, 2.24) is 9.55 Å². The summed E-state index contributed by atoms with van der Waals surface area (Å²) in [6, 6.07) is 20.4. The average Bonchev–Trinajstić information content (AvgIpc) is 3.19. The number of nitrogens with zero attached hydrogens (tertiary/aromatic N) is 1. The van der Waals surface area contributed by atoms with Gasteiger partial charge >= 0.3 is 5.69 Å². The highest BCUT2D eigenvalue weighted by atomic mass is 28.3. The molecule has 0 aliphatic carbocycles. The van der Waals surface area contributed by atoms with Crippen molar-refractivity contribution in [2.75, 3.05) is 6.61 Å². The van der Waals surface area contributed by atoms with E-state index in [2.05, 4.69) is 50.0 Å². The van der Waals surface area contributed by atoms with Crippen molar-refractivity contribution in [1.29, 1.82) is 0 Å². The molecule has 0 saturated carbocycles. The number of nitrogens with one attached hydrogen (secondary N) is 1. The van der Waals surface area contributed by atoms with Gasteiger partial charge in [0.2, 0.25) is 0 Å². The molecule has 4 rings (SSSR count). The second kappa shape index (κ2) is 8.89. The minimum absolute atomic E-state index is 0.0176. The van der Waals surface area contributed by atoms with Crippen LogP contribution in [0.25, 0.3) is 0 Å². The van der Waals surface area contributed by atoms with Crippen molar-refractivity contribution in [3.63, 3.8) is 0 Å². The predicted molar refractivity (Wildman–Crippen MR) is 133 cm³/mol. The van der Waals surface area contributed by atoms with Crippen LogP contribution in [0.15, 0.2) is 76.4 Å². The second-order valence-corrected chi connectivity index (χ2v) is 13.2. The summed E-state index contributed by atoms with van der Waals surface area (Å²) in [7, 11) is -2.28.